The Balaban J connectivity index is 1.71. The Morgan fingerprint density at radius 2 is 2.07 bits per heavy atom. The fourth-order valence-electron chi connectivity index (χ4n) is 2.85. The minimum Gasteiger partial charge on any atom is -0.433 e. The molecule has 7 nitrogen and oxygen atoms in total. The van der Waals surface area contributed by atoms with Gasteiger partial charge in [0.1, 0.15) is 13.6 Å². The average molecular weight is 398 g/mol. The molecule has 1 atom stereocenters. The van der Waals surface area contributed by atoms with Gasteiger partial charge in [0.2, 0.25) is 0 Å². The van der Waals surface area contributed by atoms with Gasteiger partial charge in [0.15, 0.2) is 0 Å². The zero-order valence-electron chi connectivity index (χ0n) is 15.2. The van der Waals surface area contributed by atoms with E-state index in [2.05, 4.69) is 20.7 Å². The molecule has 0 unspecified atom stereocenters. The first-order valence-corrected chi connectivity index (χ1v) is 8.75. The summed E-state index contributed by atoms with van der Waals surface area (Å²) in [6.45, 7) is -1.03. The largest absolute Gasteiger partial charge is 0.433 e. The van der Waals surface area contributed by atoms with Crippen LogP contribution in [0, 0.1) is 11.3 Å². The number of hydrogen-bond acceptors (Lipinski definition) is 5. The van der Waals surface area contributed by atoms with Crippen LogP contribution >= 0.6 is 0 Å². The van der Waals surface area contributed by atoms with Crippen molar-refractivity contribution in [1.29, 1.82) is 5.26 Å². The molecule has 0 saturated carbocycles. The Morgan fingerprint density at radius 3 is 2.72 bits per heavy atom. The quantitative estimate of drug-likeness (QED) is 0.672. The molecule has 2 radical (unpaired) electrons. The van der Waals surface area contributed by atoms with Crippen molar-refractivity contribution in [3.63, 3.8) is 0 Å². The normalized spacial score (nSPS) is 16.1. The summed E-state index contributed by atoms with van der Waals surface area (Å²) in [6, 6.07) is 9.97. The third-order valence-electron chi connectivity index (χ3n) is 4.20. The van der Waals surface area contributed by atoms with Crippen LogP contribution in [0.4, 0.5) is 25.0 Å². The Bertz CT molecular complexity index is 930. The van der Waals surface area contributed by atoms with Crippen LogP contribution in [-0.2, 0) is 4.74 Å². The molecule has 29 heavy (non-hydrogen) atoms. The van der Waals surface area contributed by atoms with Gasteiger partial charge in [0, 0.05) is 18.8 Å². The van der Waals surface area contributed by atoms with Crippen LogP contribution in [0.2, 0.25) is 0 Å². The molecule has 3 N–H and O–H groups in total. The van der Waals surface area contributed by atoms with E-state index in [1.165, 1.54) is 18.2 Å². The van der Waals surface area contributed by atoms with Gasteiger partial charge in [0.25, 0.3) is 0 Å². The second-order valence-electron chi connectivity index (χ2n) is 6.19. The standard InChI is InChI=1S/C19H17BF2N4O3/c20-13-8-12(17-10-24-5-6-28-17)2-3-14(13)25-19(27)26-15-7-11(9-23)1-4-16(15)29-18(21)22/h1-4,7-8,17-18,24H,5-6,10H2,(H2,25,26,27)/t17-/m1/s1. The Kier molecular flexibility index (Phi) is 6.64. The molecule has 3 rings (SSSR count). The summed E-state index contributed by atoms with van der Waals surface area (Å²) in [5, 5.41) is 17.1. The summed E-state index contributed by atoms with van der Waals surface area (Å²) in [6.07, 6.45) is -0.128. The summed E-state index contributed by atoms with van der Waals surface area (Å²) in [5.74, 6) is -0.264. The summed E-state index contributed by atoms with van der Waals surface area (Å²) < 4.78 is 35.2. The number of amides is 2. The Hall–Kier alpha value is -3.16. The first-order valence-electron chi connectivity index (χ1n) is 8.75. The molecule has 1 fully saturated rings. The van der Waals surface area contributed by atoms with E-state index in [-0.39, 0.29) is 23.1 Å². The second kappa shape index (κ2) is 9.36. The van der Waals surface area contributed by atoms with E-state index in [0.717, 1.165) is 12.1 Å². The molecule has 10 heteroatoms. The van der Waals surface area contributed by atoms with E-state index in [1.54, 1.807) is 18.2 Å². The molecule has 1 aliphatic rings. The monoisotopic (exact) mass is 398 g/mol. The summed E-state index contributed by atoms with van der Waals surface area (Å²) in [4.78, 5) is 12.3. The van der Waals surface area contributed by atoms with Gasteiger partial charge in [-0.15, -0.1) is 0 Å². The molecule has 0 aliphatic carbocycles. The summed E-state index contributed by atoms with van der Waals surface area (Å²) in [7, 11) is 6.03. The Morgan fingerprint density at radius 1 is 1.28 bits per heavy atom. The van der Waals surface area contributed by atoms with Crippen molar-refractivity contribution in [2.75, 3.05) is 30.3 Å². The molecular weight excluding hydrogens is 381 g/mol. The average Bonchev–Trinajstić information content (AvgIpc) is 2.71. The fraction of sp³-hybridized carbons (Fsp3) is 0.263. The lowest BCUT2D eigenvalue weighted by Crippen LogP contribution is -2.33. The maximum absolute atomic E-state index is 12.6. The van der Waals surface area contributed by atoms with E-state index >= 15 is 0 Å². The number of ether oxygens (including phenoxy) is 2. The maximum atomic E-state index is 12.6. The third-order valence-corrected chi connectivity index (χ3v) is 4.20. The smallest absolute Gasteiger partial charge is 0.387 e. The summed E-state index contributed by atoms with van der Waals surface area (Å²) >= 11 is 0. The highest BCUT2D eigenvalue weighted by Gasteiger charge is 2.17. The number of carbonyl (C=O) groups excluding carboxylic acids is 1. The molecular formula is C19H17BF2N4O3. The van der Waals surface area contributed by atoms with Crippen LogP contribution < -0.4 is 26.2 Å². The van der Waals surface area contributed by atoms with Gasteiger partial charge >= 0.3 is 12.6 Å². The number of nitrogens with one attached hydrogen (secondary N) is 3. The highest BCUT2D eigenvalue weighted by molar-refractivity contribution is 6.36. The van der Waals surface area contributed by atoms with Gasteiger partial charge in [-0.2, -0.15) is 14.0 Å². The zero-order valence-corrected chi connectivity index (χ0v) is 15.2. The van der Waals surface area contributed by atoms with Crippen LogP contribution in [0.25, 0.3) is 0 Å². The van der Waals surface area contributed by atoms with Crippen molar-refractivity contribution in [2.45, 2.75) is 12.7 Å². The number of nitrogens with zero attached hydrogens (tertiary/aromatic N) is 1. The lowest BCUT2D eigenvalue weighted by molar-refractivity contribution is -0.0493. The lowest BCUT2D eigenvalue weighted by Gasteiger charge is -2.24. The number of anilines is 2. The maximum Gasteiger partial charge on any atom is 0.387 e. The zero-order chi connectivity index (χ0) is 20.8. The van der Waals surface area contributed by atoms with E-state index in [9.17, 15) is 13.6 Å². The number of nitriles is 1. The number of rotatable bonds is 5. The molecule has 2 amide bonds. The topological polar surface area (TPSA) is 95.4 Å². The van der Waals surface area contributed by atoms with Gasteiger partial charge in [-0.25, -0.2) is 4.79 Å². The van der Waals surface area contributed by atoms with Gasteiger partial charge in [-0.1, -0.05) is 17.6 Å². The Labute approximate surface area is 167 Å². The number of alkyl halides is 2. The SMILES string of the molecule is [B]c1cc([C@H]2CNCCO2)ccc1NC(=O)Nc1cc(C#N)ccc1OC(F)F. The number of halogens is 2. The van der Waals surface area contributed by atoms with Crippen molar-refractivity contribution in [1.82, 2.24) is 5.32 Å². The molecule has 0 aromatic heterocycles. The highest BCUT2D eigenvalue weighted by atomic mass is 19.3. The van der Waals surface area contributed by atoms with Crippen molar-refractivity contribution >= 4 is 30.7 Å². The number of morpholine rings is 1. The highest BCUT2D eigenvalue weighted by Crippen LogP contribution is 2.27. The van der Waals surface area contributed by atoms with E-state index in [1.807, 2.05) is 6.07 Å². The van der Waals surface area contributed by atoms with Crippen LogP contribution in [-0.4, -0.2) is 40.2 Å². The molecule has 0 bridgehead atoms. The minimum absolute atomic E-state index is 0.0706. The predicted molar refractivity (Wildman–Crippen MR) is 104 cm³/mol. The number of benzene rings is 2. The molecule has 2 aromatic rings. The van der Waals surface area contributed by atoms with E-state index < -0.39 is 12.6 Å². The van der Waals surface area contributed by atoms with E-state index in [0.29, 0.717) is 24.3 Å². The first-order chi connectivity index (χ1) is 14.0. The van der Waals surface area contributed by atoms with Gasteiger partial charge in [0.05, 0.1) is 30.0 Å². The number of carbonyl (C=O) groups is 1. The van der Waals surface area contributed by atoms with Gasteiger partial charge in [-0.05, 0) is 29.8 Å². The van der Waals surface area contributed by atoms with E-state index in [4.69, 9.17) is 17.8 Å². The number of urea groups is 1. The van der Waals surface area contributed by atoms with Crippen molar-refractivity contribution in [3.8, 4) is 11.8 Å². The fourth-order valence-corrected chi connectivity index (χ4v) is 2.85. The second-order valence-corrected chi connectivity index (χ2v) is 6.19. The van der Waals surface area contributed by atoms with Gasteiger partial charge < -0.3 is 25.4 Å². The van der Waals surface area contributed by atoms with Crippen LogP contribution in [0.1, 0.15) is 17.2 Å². The lowest BCUT2D eigenvalue weighted by atomic mass is 9.90. The number of hydrogen-bond donors (Lipinski definition) is 3. The van der Waals surface area contributed by atoms with Gasteiger partial charge in [-0.3, -0.25) is 0 Å². The molecule has 0 spiro atoms. The molecule has 2 aromatic carbocycles. The van der Waals surface area contributed by atoms with Crippen LogP contribution in [0.15, 0.2) is 36.4 Å². The van der Waals surface area contributed by atoms with Crippen molar-refractivity contribution in [3.05, 3.63) is 47.5 Å². The first kappa shape index (κ1) is 20.6. The minimum atomic E-state index is -3.08. The van der Waals surface area contributed by atoms with Crippen LogP contribution in [0.3, 0.4) is 0 Å². The molecule has 1 aliphatic heterocycles. The van der Waals surface area contributed by atoms with Crippen molar-refractivity contribution < 1.29 is 23.0 Å². The van der Waals surface area contributed by atoms with Crippen molar-refractivity contribution in [2.24, 2.45) is 0 Å². The third kappa shape index (κ3) is 5.43. The molecule has 1 saturated heterocycles. The summed E-state index contributed by atoms with van der Waals surface area (Å²) in [5.41, 5.74) is 1.63. The molecule has 1 heterocycles. The predicted octanol–water partition coefficient (Wildman–Crippen LogP) is 2.26. The molecule has 148 valence electrons. The van der Waals surface area contributed by atoms with Crippen LogP contribution in [0.5, 0.6) is 5.75 Å².